The molecule has 1 saturated heterocycles. The number of hydrogen-bond donors (Lipinski definition) is 2. The molecule has 1 aliphatic rings. The normalized spacial score (nSPS) is 14.8. The van der Waals surface area contributed by atoms with E-state index in [0.717, 1.165) is 32.4 Å². The molecule has 2 rings (SSSR count). The SMILES string of the molecule is O=C(NCC(=O)N1CCCCC1)Nc1ccc(F)cc1. The number of carbonyl (C=O) groups excluding carboxylic acids is 2. The predicted molar refractivity (Wildman–Crippen MR) is 73.9 cm³/mol. The van der Waals surface area contributed by atoms with Crippen molar-refractivity contribution in [2.75, 3.05) is 25.0 Å². The van der Waals surface area contributed by atoms with Crippen molar-refractivity contribution in [1.29, 1.82) is 0 Å². The fraction of sp³-hybridized carbons (Fsp3) is 0.429. The van der Waals surface area contributed by atoms with Crippen molar-refractivity contribution in [1.82, 2.24) is 10.2 Å². The minimum absolute atomic E-state index is 0.0208. The molecule has 0 aliphatic carbocycles. The van der Waals surface area contributed by atoms with Crippen LogP contribution in [0.4, 0.5) is 14.9 Å². The number of rotatable bonds is 3. The van der Waals surface area contributed by atoms with Crippen molar-refractivity contribution in [2.24, 2.45) is 0 Å². The highest BCUT2D eigenvalue weighted by Crippen LogP contribution is 2.09. The lowest BCUT2D eigenvalue weighted by Crippen LogP contribution is -2.43. The van der Waals surface area contributed by atoms with E-state index in [4.69, 9.17) is 0 Å². The van der Waals surface area contributed by atoms with Gasteiger partial charge in [0.05, 0.1) is 6.54 Å². The summed E-state index contributed by atoms with van der Waals surface area (Å²) in [7, 11) is 0. The van der Waals surface area contributed by atoms with Crippen LogP contribution in [-0.2, 0) is 4.79 Å². The molecule has 3 amide bonds. The number of halogens is 1. The minimum atomic E-state index is -0.470. The van der Waals surface area contributed by atoms with Crippen molar-refractivity contribution < 1.29 is 14.0 Å². The Bertz CT molecular complexity index is 470. The molecule has 0 saturated carbocycles. The van der Waals surface area contributed by atoms with E-state index in [2.05, 4.69) is 10.6 Å². The molecule has 1 heterocycles. The molecular weight excluding hydrogens is 261 g/mol. The van der Waals surface area contributed by atoms with E-state index in [1.165, 1.54) is 24.3 Å². The Labute approximate surface area is 117 Å². The van der Waals surface area contributed by atoms with E-state index in [-0.39, 0.29) is 18.3 Å². The third-order valence-electron chi connectivity index (χ3n) is 3.21. The van der Waals surface area contributed by atoms with Gasteiger partial charge in [-0.05, 0) is 43.5 Å². The molecule has 0 radical (unpaired) electrons. The Morgan fingerprint density at radius 1 is 1.10 bits per heavy atom. The topological polar surface area (TPSA) is 61.4 Å². The fourth-order valence-corrected chi connectivity index (χ4v) is 2.12. The lowest BCUT2D eigenvalue weighted by molar-refractivity contribution is -0.130. The first-order valence-electron chi connectivity index (χ1n) is 6.73. The molecule has 20 heavy (non-hydrogen) atoms. The van der Waals surface area contributed by atoms with E-state index in [0.29, 0.717) is 5.69 Å². The molecule has 1 aromatic rings. The van der Waals surface area contributed by atoms with Gasteiger partial charge >= 0.3 is 6.03 Å². The van der Waals surface area contributed by atoms with Crippen molar-refractivity contribution in [3.63, 3.8) is 0 Å². The summed E-state index contributed by atoms with van der Waals surface area (Å²) in [5, 5.41) is 5.05. The average molecular weight is 279 g/mol. The number of likely N-dealkylation sites (tertiary alicyclic amines) is 1. The molecule has 2 N–H and O–H groups in total. The van der Waals surface area contributed by atoms with Gasteiger partial charge in [-0.25, -0.2) is 9.18 Å². The van der Waals surface area contributed by atoms with Gasteiger partial charge in [0.15, 0.2) is 0 Å². The maximum Gasteiger partial charge on any atom is 0.319 e. The molecule has 0 unspecified atom stereocenters. The Hall–Kier alpha value is -2.11. The van der Waals surface area contributed by atoms with Gasteiger partial charge in [-0.15, -0.1) is 0 Å². The summed E-state index contributed by atoms with van der Waals surface area (Å²) in [4.78, 5) is 25.2. The molecule has 1 aliphatic heterocycles. The number of benzene rings is 1. The Morgan fingerprint density at radius 3 is 2.40 bits per heavy atom. The summed E-state index contributed by atoms with van der Waals surface area (Å²) >= 11 is 0. The first-order chi connectivity index (χ1) is 9.65. The number of amides is 3. The van der Waals surface area contributed by atoms with Crippen LogP contribution in [0, 0.1) is 5.82 Å². The van der Waals surface area contributed by atoms with Crippen molar-refractivity contribution in [2.45, 2.75) is 19.3 Å². The third-order valence-corrected chi connectivity index (χ3v) is 3.21. The van der Waals surface area contributed by atoms with Crippen LogP contribution < -0.4 is 10.6 Å². The number of nitrogens with zero attached hydrogens (tertiary/aromatic N) is 1. The second-order valence-corrected chi connectivity index (χ2v) is 4.76. The number of anilines is 1. The number of carbonyl (C=O) groups is 2. The van der Waals surface area contributed by atoms with E-state index < -0.39 is 6.03 Å². The smallest absolute Gasteiger partial charge is 0.319 e. The van der Waals surface area contributed by atoms with Crippen LogP contribution in [0.5, 0.6) is 0 Å². The highest BCUT2D eigenvalue weighted by Gasteiger charge is 2.16. The van der Waals surface area contributed by atoms with Crippen molar-refractivity contribution >= 4 is 17.6 Å². The van der Waals surface area contributed by atoms with Gasteiger partial charge in [0.2, 0.25) is 5.91 Å². The molecule has 0 spiro atoms. The average Bonchev–Trinajstić information content (AvgIpc) is 2.48. The number of piperidine rings is 1. The molecule has 0 bridgehead atoms. The van der Waals surface area contributed by atoms with Gasteiger partial charge in [-0.2, -0.15) is 0 Å². The molecular formula is C14H18FN3O2. The molecule has 5 nitrogen and oxygen atoms in total. The molecule has 1 aromatic carbocycles. The maximum atomic E-state index is 12.7. The zero-order valence-corrected chi connectivity index (χ0v) is 11.2. The van der Waals surface area contributed by atoms with E-state index >= 15 is 0 Å². The van der Waals surface area contributed by atoms with Gasteiger partial charge in [0, 0.05) is 18.8 Å². The Morgan fingerprint density at radius 2 is 1.75 bits per heavy atom. The van der Waals surface area contributed by atoms with E-state index in [9.17, 15) is 14.0 Å². The quantitative estimate of drug-likeness (QED) is 0.888. The highest BCUT2D eigenvalue weighted by molar-refractivity contribution is 5.92. The standard InChI is InChI=1S/C14H18FN3O2/c15-11-4-6-12(7-5-11)17-14(20)16-10-13(19)18-8-2-1-3-9-18/h4-7H,1-3,8-10H2,(H2,16,17,20). The number of hydrogen-bond acceptors (Lipinski definition) is 2. The summed E-state index contributed by atoms with van der Waals surface area (Å²) in [6.07, 6.45) is 3.20. The number of nitrogens with one attached hydrogen (secondary N) is 2. The first-order valence-corrected chi connectivity index (χ1v) is 6.73. The molecule has 1 fully saturated rings. The highest BCUT2D eigenvalue weighted by atomic mass is 19.1. The van der Waals surface area contributed by atoms with Crippen molar-refractivity contribution in [3.8, 4) is 0 Å². The minimum Gasteiger partial charge on any atom is -0.341 e. The van der Waals surface area contributed by atoms with Gasteiger partial charge in [0.25, 0.3) is 0 Å². The third kappa shape index (κ3) is 4.22. The summed E-state index contributed by atoms with van der Waals surface area (Å²) in [5.74, 6) is -0.435. The lowest BCUT2D eigenvalue weighted by atomic mass is 10.1. The fourth-order valence-electron chi connectivity index (χ4n) is 2.12. The van der Waals surface area contributed by atoms with Crippen LogP contribution in [0.1, 0.15) is 19.3 Å². The number of urea groups is 1. The zero-order chi connectivity index (χ0) is 14.4. The summed E-state index contributed by atoms with van der Waals surface area (Å²) in [5.41, 5.74) is 0.481. The van der Waals surface area contributed by atoms with E-state index in [1.807, 2.05) is 0 Å². The summed E-state index contributed by atoms with van der Waals surface area (Å²) in [6, 6.07) is 4.97. The first kappa shape index (κ1) is 14.3. The van der Waals surface area contributed by atoms with Gasteiger partial charge in [-0.1, -0.05) is 0 Å². The van der Waals surface area contributed by atoms with Gasteiger partial charge in [0.1, 0.15) is 5.82 Å². The summed E-state index contributed by atoms with van der Waals surface area (Å²) in [6.45, 7) is 1.51. The van der Waals surface area contributed by atoms with Crippen LogP contribution >= 0.6 is 0 Å². The van der Waals surface area contributed by atoms with E-state index in [1.54, 1.807) is 4.90 Å². The Kier molecular flexibility index (Phi) is 4.92. The molecule has 108 valence electrons. The van der Waals surface area contributed by atoms with Crippen LogP contribution in [0.25, 0.3) is 0 Å². The van der Waals surface area contributed by atoms with Crippen LogP contribution in [-0.4, -0.2) is 36.5 Å². The largest absolute Gasteiger partial charge is 0.341 e. The van der Waals surface area contributed by atoms with Gasteiger partial charge in [-0.3, -0.25) is 4.79 Å². The maximum absolute atomic E-state index is 12.7. The lowest BCUT2D eigenvalue weighted by Gasteiger charge is -2.26. The summed E-state index contributed by atoms with van der Waals surface area (Å²) < 4.78 is 12.7. The van der Waals surface area contributed by atoms with Crippen molar-refractivity contribution in [3.05, 3.63) is 30.1 Å². The second-order valence-electron chi connectivity index (χ2n) is 4.76. The van der Waals surface area contributed by atoms with Crippen LogP contribution in [0.2, 0.25) is 0 Å². The predicted octanol–water partition coefficient (Wildman–Crippen LogP) is 1.96. The van der Waals surface area contributed by atoms with Gasteiger partial charge < -0.3 is 15.5 Å². The zero-order valence-electron chi connectivity index (χ0n) is 11.2. The molecule has 0 aromatic heterocycles. The molecule has 0 atom stereocenters. The Balaban J connectivity index is 1.74. The second kappa shape index (κ2) is 6.88. The van der Waals surface area contributed by atoms with Crippen LogP contribution in [0.15, 0.2) is 24.3 Å². The molecule has 6 heteroatoms. The van der Waals surface area contributed by atoms with Crippen LogP contribution in [0.3, 0.4) is 0 Å². The monoisotopic (exact) mass is 279 g/mol.